The molecule has 0 bridgehead atoms. The van der Waals surface area contributed by atoms with Gasteiger partial charge < -0.3 is 10.3 Å². The zero-order valence-electron chi connectivity index (χ0n) is 13.1. The Morgan fingerprint density at radius 3 is 3.00 bits per heavy atom. The van der Waals surface area contributed by atoms with E-state index >= 15 is 0 Å². The first-order chi connectivity index (χ1) is 10.0. The van der Waals surface area contributed by atoms with Crippen LogP contribution in [0.25, 0.3) is 10.9 Å². The van der Waals surface area contributed by atoms with Crippen molar-refractivity contribution < 1.29 is 4.79 Å². The third-order valence-electron chi connectivity index (χ3n) is 4.39. The Bertz CT molecular complexity index is 669. The number of benzene rings is 1. The predicted octanol–water partition coefficient (Wildman–Crippen LogP) is 3.50. The molecule has 1 aromatic heterocycles. The Morgan fingerprint density at radius 2 is 2.24 bits per heavy atom. The minimum absolute atomic E-state index is 0.189. The molecule has 2 aromatic rings. The number of carbonyl (C=O) groups excluding carboxylic acids is 1. The molecule has 3 nitrogen and oxygen atoms in total. The molecule has 1 aliphatic carbocycles. The molecule has 0 aliphatic heterocycles. The molecule has 0 saturated carbocycles. The van der Waals surface area contributed by atoms with E-state index in [1.807, 2.05) is 0 Å². The highest BCUT2D eigenvalue weighted by atomic mass is 16.1. The molecule has 2 N–H and O–H groups in total. The monoisotopic (exact) mass is 284 g/mol. The zero-order valence-corrected chi connectivity index (χ0v) is 13.1. The van der Waals surface area contributed by atoms with Crippen LogP contribution in [-0.2, 0) is 17.6 Å². The van der Waals surface area contributed by atoms with Gasteiger partial charge in [0, 0.05) is 29.1 Å². The molecule has 21 heavy (non-hydrogen) atoms. The van der Waals surface area contributed by atoms with E-state index in [4.69, 9.17) is 0 Å². The number of hydrogen-bond acceptors (Lipinski definition) is 1. The van der Waals surface area contributed by atoms with Gasteiger partial charge in [-0.05, 0) is 43.2 Å². The van der Waals surface area contributed by atoms with Gasteiger partial charge in [-0.25, -0.2) is 0 Å². The number of aromatic amines is 1. The first-order valence-corrected chi connectivity index (χ1v) is 7.93. The van der Waals surface area contributed by atoms with Crippen LogP contribution in [0.3, 0.4) is 0 Å². The van der Waals surface area contributed by atoms with Crippen molar-refractivity contribution in [2.24, 2.45) is 5.92 Å². The fourth-order valence-electron chi connectivity index (χ4n) is 3.37. The van der Waals surface area contributed by atoms with Crippen molar-refractivity contribution in [2.45, 2.75) is 52.5 Å². The average molecular weight is 284 g/mol. The molecular weight excluding hydrogens is 260 g/mol. The number of nitrogens with one attached hydrogen (secondary N) is 2. The van der Waals surface area contributed by atoms with Gasteiger partial charge >= 0.3 is 0 Å². The van der Waals surface area contributed by atoms with Crippen LogP contribution in [0.15, 0.2) is 18.2 Å². The van der Waals surface area contributed by atoms with Crippen LogP contribution in [0.2, 0.25) is 0 Å². The molecule has 3 rings (SSSR count). The van der Waals surface area contributed by atoms with Gasteiger partial charge in [0.25, 0.3) is 0 Å². The van der Waals surface area contributed by atoms with Gasteiger partial charge in [0.05, 0.1) is 0 Å². The fraction of sp³-hybridized carbons (Fsp3) is 0.500. The summed E-state index contributed by atoms with van der Waals surface area (Å²) in [5, 5.41) is 4.53. The molecular formula is C18H24N2O. The van der Waals surface area contributed by atoms with Gasteiger partial charge in [0.2, 0.25) is 5.91 Å². The first kappa shape index (κ1) is 14.2. The summed E-state index contributed by atoms with van der Waals surface area (Å²) in [5.41, 5.74) is 5.31. The summed E-state index contributed by atoms with van der Waals surface area (Å²) in [7, 11) is 0. The van der Waals surface area contributed by atoms with Crippen LogP contribution in [0.4, 0.5) is 0 Å². The Kier molecular flexibility index (Phi) is 3.75. The number of amides is 1. The summed E-state index contributed by atoms with van der Waals surface area (Å²) in [6.07, 6.45) is 3.62. The Balaban J connectivity index is 1.80. The van der Waals surface area contributed by atoms with E-state index in [0.717, 1.165) is 19.3 Å². The lowest BCUT2D eigenvalue weighted by Gasteiger charge is -2.24. The average Bonchev–Trinajstić information content (AvgIpc) is 2.77. The van der Waals surface area contributed by atoms with E-state index in [9.17, 15) is 4.79 Å². The Hall–Kier alpha value is -1.77. The number of aromatic nitrogens is 1. The van der Waals surface area contributed by atoms with Gasteiger partial charge in [-0.1, -0.05) is 32.0 Å². The van der Waals surface area contributed by atoms with E-state index < -0.39 is 0 Å². The Morgan fingerprint density at radius 1 is 1.43 bits per heavy atom. The molecule has 1 aromatic carbocycles. The molecule has 1 aliphatic rings. The maximum Gasteiger partial charge on any atom is 0.220 e. The molecule has 3 heteroatoms. The zero-order chi connectivity index (χ0) is 15.0. The van der Waals surface area contributed by atoms with Crippen LogP contribution < -0.4 is 5.32 Å². The van der Waals surface area contributed by atoms with E-state index in [1.165, 1.54) is 27.7 Å². The van der Waals surface area contributed by atoms with Crippen molar-refractivity contribution in [3.8, 4) is 0 Å². The van der Waals surface area contributed by atoms with E-state index in [1.54, 1.807) is 0 Å². The van der Waals surface area contributed by atoms with Crippen LogP contribution >= 0.6 is 0 Å². The molecule has 0 radical (unpaired) electrons. The number of fused-ring (bicyclic) bond motifs is 3. The first-order valence-electron chi connectivity index (χ1n) is 7.93. The molecule has 0 spiro atoms. The maximum atomic E-state index is 12.0. The van der Waals surface area contributed by atoms with Gasteiger partial charge in [-0.15, -0.1) is 0 Å². The number of carbonyl (C=O) groups is 1. The maximum absolute atomic E-state index is 12.0. The molecule has 0 fully saturated rings. The standard InChI is InChI=1S/C18H24N2O/c1-11(2)9-17(21)19-13-7-8-16-15(10-13)14-6-4-5-12(3)18(14)20-16/h4-6,11,13,20H,7-10H2,1-3H3,(H,19,21)/t13-/m1/s1. The molecule has 1 heterocycles. The number of para-hydroxylation sites is 1. The van der Waals surface area contributed by atoms with E-state index in [2.05, 4.69) is 49.3 Å². The van der Waals surface area contributed by atoms with E-state index in [-0.39, 0.29) is 11.9 Å². The molecule has 1 atom stereocenters. The van der Waals surface area contributed by atoms with Crippen molar-refractivity contribution in [1.29, 1.82) is 0 Å². The normalized spacial score (nSPS) is 18.0. The summed E-state index contributed by atoms with van der Waals surface area (Å²) < 4.78 is 0. The highest BCUT2D eigenvalue weighted by Crippen LogP contribution is 2.30. The van der Waals surface area contributed by atoms with Gasteiger partial charge in [0.1, 0.15) is 0 Å². The minimum Gasteiger partial charge on any atom is -0.358 e. The van der Waals surface area contributed by atoms with Crippen molar-refractivity contribution >= 4 is 16.8 Å². The summed E-state index contributed by atoms with van der Waals surface area (Å²) in [6.45, 7) is 6.31. The van der Waals surface area contributed by atoms with Crippen molar-refractivity contribution in [2.75, 3.05) is 0 Å². The summed E-state index contributed by atoms with van der Waals surface area (Å²) in [4.78, 5) is 15.5. The van der Waals surface area contributed by atoms with Crippen LogP contribution in [0.1, 0.15) is 43.5 Å². The molecule has 0 unspecified atom stereocenters. The number of hydrogen-bond donors (Lipinski definition) is 2. The van der Waals surface area contributed by atoms with Crippen molar-refractivity contribution in [3.63, 3.8) is 0 Å². The lowest BCUT2D eigenvalue weighted by atomic mass is 9.91. The lowest BCUT2D eigenvalue weighted by molar-refractivity contribution is -0.122. The van der Waals surface area contributed by atoms with Gasteiger partial charge in [0.15, 0.2) is 0 Å². The SMILES string of the molecule is Cc1cccc2c3c([nH]c12)CC[C@@H](NC(=O)CC(C)C)C3. The highest BCUT2D eigenvalue weighted by Gasteiger charge is 2.24. The summed E-state index contributed by atoms with van der Waals surface area (Å²) >= 11 is 0. The highest BCUT2D eigenvalue weighted by molar-refractivity contribution is 5.87. The Labute approximate surface area is 126 Å². The number of aryl methyl sites for hydroxylation is 2. The lowest BCUT2D eigenvalue weighted by Crippen LogP contribution is -2.39. The van der Waals surface area contributed by atoms with Crippen molar-refractivity contribution in [1.82, 2.24) is 10.3 Å². The van der Waals surface area contributed by atoms with Gasteiger partial charge in [-0.3, -0.25) is 4.79 Å². The largest absolute Gasteiger partial charge is 0.358 e. The summed E-state index contributed by atoms with van der Waals surface area (Å²) in [6, 6.07) is 6.73. The molecule has 112 valence electrons. The second-order valence-corrected chi connectivity index (χ2v) is 6.68. The predicted molar refractivity (Wildman–Crippen MR) is 86.4 cm³/mol. The molecule has 0 saturated heterocycles. The second-order valence-electron chi connectivity index (χ2n) is 6.68. The second kappa shape index (κ2) is 5.55. The fourth-order valence-corrected chi connectivity index (χ4v) is 3.37. The quantitative estimate of drug-likeness (QED) is 0.890. The van der Waals surface area contributed by atoms with E-state index in [0.29, 0.717) is 12.3 Å². The molecule has 1 amide bonds. The number of rotatable bonds is 3. The smallest absolute Gasteiger partial charge is 0.220 e. The van der Waals surface area contributed by atoms with Crippen LogP contribution in [-0.4, -0.2) is 16.9 Å². The third-order valence-corrected chi connectivity index (χ3v) is 4.39. The third kappa shape index (κ3) is 2.82. The summed E-state index contributed by atoms with van der Waals surface area (Å²) in [5.74, 6) is 0.606. The van der Waals surface area contributed by atoms with Crippen LogP contribution in [0.5, 0.6) is 0 Å². The van der Waals surface area contributed by atoms with Crippen molar-refractivity contribution in [3.05, 3.63) is 35.0 Å². The van der Waals surface area contributed by atoms with Crippen LogP contribution in [0, 0.1) is 12.8 Å². The topological polar surface area (TPSA) is 44.9 Å². The minimum atomic E-state index is 0.189. The van der Waals surface area contributed by atoms with Gasteiger partial charge in [-0.2, -0.15) is 0 Å². The number of H-pyrrole nitrogens is 1.